The zero-order valence-electron chi connectivity index (χ0n) is 13.4. The van der Waals surface area contributed by atoms with Crippen LogP contribution in [-0.4, -0.2) is 17.2 Å². The van der Waals surface area contributed by atoms with Gasteiger partial charge in [-0.3, -0.25) is 4.98 Å². The molecule has 0 bridgehead atoms. The summed E-state index contributed by atoms with van der Waals surface area (Å²) in [6.45, 7) is 2.16. The van der Waals surface area contributed by atoms with Crippen molar-refractivity contribution in [2.24, 2.45) is 5.92 Å². The Morgan fingerprint density at radius 2 is 2.09 bits per heavy atom. The average molecular weight is 307 g/mol. The highest BCUT2D eigenvalue weighted by Crippen LogP contribution is 2.47. The lowest BCUT2D eigenvalue weighted by atomic mass is 9.64. The van der Waals surface area contributed by atoms with Crippen molar-refractivity contribution in [3.63, 3.8) is 0 Å². The van der Waals surface area contributed by atoms with Gasteiger partial charge in [0.15, 0.2) is 0 Å². The molecule has 0 saturated carbocycles. The molecule has 23 heavy (non-hydrogen) atoms. The molecule has 3 nitrogen and oxygen atoms in total. The van der Waals surface area contributed by atoms with Crippen molar-refractivity contribution in [3.8, 4) is 11.5 Å². The summed E-state index contributed by atoms with van der Waals surface area (Å²) in [5.41, 5.74) is 1.25. The van der Waals surface area contributed by atoms with Crippen molar-refractivity contribution < 1.29 is 9.84 Å². The smallest absolute Gasteiger partial charge is 0.120 e. The zero-order chi connectivity index (χ0) is 16.3. The van der Waals surface area contributed by atoms with E-state index < -0.39 is 5.41 Å². The van der Waals surface area contributed by atoms with E-state index in [2.05, 4.69) is 30.1 Å². The molecule has 2 atom stereocenters. The summed E-state index contributed by atoms with van der Waals surface area (Å²) >= 11 is 0. The third-order valence-corrected chi connectivity index (χ3v) is 4.58. The molecule has 0 saturated heterocycles. The number of rotatable bonds is 4. The molecule has 1 N–H and O–H groups in total. The lowest BCUT2D eigenvalue weighted by Gasteiger charge is -2.39. The molecular formula is C20H21NO2. The van der Waals surface area contributed by atoms with Gasteiger partial charge in [0.1, 0.15) is 11.5 Å². The van der Waals surface area contributed by atoms with Gasteiger partial charge >= 0.3 is 0 Å². The first-order valence-electron chi connectivity index (χ1n) is 7.87. The quantitative estimate of drug-likeness (QED) is 0.919. The molecular weight excluding hydrogens is 286 g/mol. The average Bonchev–Trinajstić information content (AvgIpc) is 2.62. The Kier molecular flexibility index (Phi) is 4.20. The maximum Gasteiger partial charge on any atom is 0.120 e. The third-order valence-electron chi connectivity index (χ3n) is 4.58. The van der Waals surface area contributed by atoms with Gasteiger partial charge in [0.25, 0.3) is 0 Å². The first kappa shape index (κ1) is 15.3. The van der Waals surface area contributed by atoms with Crippen LogP contribution in [0.5, 0.6) is 11.5 Å². The van der Waals surface area contributed by atoms with Crippen LogP contribution in [0.3, 0.4) is 0 Å². The third kappa shape index (κ3) is 2.52. The highest BCUT2D eigenvalue weighted by molar-refractivity contribution is 5.54. The number of phenols is 1. The van der Waals surface area contributed by atoms with Crippen LogP contribution >= 0.6 is 0 Å². The van der Waals surface area contributed by atoms with Crippen LogP contribution in [0.4, 0.5) is 0 Å². The van der Waals surface area contributed by atoms with Crippen molar-refractivity contribution in [1.82, 2.24) is 4.98 Å². The summed E-state index contributed by atoms with van der Waals surface area (Å²) in [4.78, 5) is 4.61. The van der Waals surface area contributed by atoms with Crippen molar-refractivity contribution in [3.05, 3.63) is 78.2 Å². The number of phenolic OH excluding ortho intramolecular Hbond substituents is 1. The number of aromatic nitrogens is 1. The summed E-state index contributed by atoms with van der Waals surface area (Å²) in [6.07, 6.45) is 11.2. The molecule has 2 unspecified atom stereocenters. The van der Waals surface area contributed by atoms with Gasteiger partial charge in [-0.05, 0) is 42.7 Å². The molecule has 1 aliphatic rings. The fourth-order valence-corrected chi connectivity index (χ4v) is 3.42. The fraction of sp³-hybridized carbons (Fsp3) is 0.250. The maximum atomic E-state index is 10.6. The van der Waals surface area contributed by atoms with Gasteiger partial charge in [0.05, 0.1) is 18.2 Å². The number of allylic oxidation sites excluding steroid dienone is 4. The molecule has 1 aromatic heterocycles. The molecule has 0 amide bonds. The lowest BCUT2D eigenvalue weighted by Crippen LogP contribution is -2.35. The van der Waals surface area contributed by atoms with E-state index in [0.717, 1.165) is 23.4 Å². The van der Waals surface area contributed by atoms with Gasteiger partial charge < -0.3 is 9.84 Å². The van der Waals surface area contributed by atoms with E-state index in [1.54, 1.807) is 25.4 Å². The van der Waals surface area contributed by atoms with E-state index in [4.69, 9.17) is 4.74 Å². The first-order valence-corrected chi connectivity index (χ1v) is 7.87. The Labute approximate surface area is 137 Å². The summed E-state index contributed by atoms with van der Waals surface area (Å²) < 4.78 is 5.38. The number of methoxy groups -OCH3 is 1. The Balaban J connectivity index is 2.29. The Morgan fingerprint density at radius 3 is 2.78 bits per heavy atom. The van der Waals surface area contributed by atoms with Gasteiger partial charge in [-0.25, -0.2) is 0 Å². The summed E-state index contributed by atoms with van der Waals surface area (Å²) in [5, 5.41) is 10.6. The minimum Gasteiger partial charge on any atom is -0.508 e. The number of hydrogen-bond donors (Lipinski definition) is 1. The zero-order valence-corrected chi connectivity index (χ0v) is 13.4. The van der Waals surface area contributed by atoms with Gasteiger partial charge in [-0.15, -0.1) is 0 Å². The molecule has 0 spiro atoms. The molecule has 1 heterocycles. The molecule has 3 rings (SSSR count). The Morgan fingerprint density at radius 1 is 1.22 bits per heavy atom. The number of nitrogens with zero attached hydrogens (tertiary/aromatic N) is 1. The van der Waals surface area contributed by atoms with Crippen LogP contribution in [0, 0.1) is 5.92 Å². The second-order valence-corrected chi connectivity index (χ2v) is 5.73. The van der Waals surface area contributed by atoms with E-state index in [1.165, 1.54) is 0 Å². The van der Waals surface area contributed by atoms with Crippen LogP contribution in [0.2, 0.25) is 0 Å². The molecule has 1 aromatic carbocycles. The molecule has 0 fully saturated rings. The molecule has 0 radical (unpaired) electrons. The molecule has 0 aliphatic heterocycles. The Hall–Kier alpha value is -2.55. The van der Waals surface area contributed by atoms with E-state index in [9.17, 15) is 5.11 Å². The SMILES string of the molecule is CCC1C=CC=CC1(c1ccccn1)c1cc(OC)ccc1O. The van der Waals surface area contributed by atoms with Crippen LogP contribution in [0.15, 0.2) is 66.9 Å². The molecule has 1 aliphatic carbocycles. The summed E-state index contributed by atoms with van der Waals surface area (Å²) in [7, 11) is 1.64. The largest absolute Gasteiger partial charge is 0.508 e. The van der Waals surface area contributed by atoms with Crippen LogP contribution in [-0.2, 0) is 5.41 Å². The predicted octanol–water partition coefficient (Wildman–Crippen LogP) is 4.23. The topological polar surface area (TPSA) is 42.4 Å². The highest BCUT2D eigenvalue weighted by atomic mass is 16.5. The maximum absolute atomic E-state index is 10.6. The fourth-order valence-electron chi connectivity index (χ4n) is 3.42. The lowest BCUT2D eigenvalue weighted by molar-refractivity contribution is 0.387. The Bertz CT molecular complexity index is 737. The molecule has 118 valence electrons. The second kappa shape index (κ2) is 6.29. The number of aromatic hydroxyl groups is 1. The number of pyridine rings is 1. The van der Waals surface area contributed by atoms with Gasteiger partial charge in [-0.2, -0.15) is 0 Å². The van der Waals surface area contributed by atoms with Crippen molar-refractivity contribution in [2.75, 3.05) is 7.11 Å². The van der Waals surface area contributed by atoms with E-state index in [1.807, 2.05) is 30.3 Å². The minimum absolute atomic E-state index is 0.209. The van der Waals surface area contributed by atoms with Crippen molar-refractivity contribution in [1.29, 1.82) is 0 Å². The monoisotopic (exact) mass is 307 g/mol. The minimum atomic E-state index is -0.497. The predicted molar refractivity (Wildman–Crippen MR) is 91.7 cm³/mol. The summed E-state index contributed by atoms with van der Waals surface area (Å²) in [5.74, 6) is 1.20. The van der Waals surface area contributed by atoms with Gasteiger partial charge in [-0.1, -0.05) is 37.3 Å². The second-order valence-electron chi connectivity index (χ2n) is 5.73. The van der Waals surface area contributed by atoms with Gasteiger partial charge in [0, 0.05) is 11.8 Å². The number of ether oxygens (including phenoxy) is 1. The number of hydrogen-bond acceptors (Lipinski definition) is 3. The van der Waals surface area contributed by atoms with Crippen LogP contribution in [0.1, 0.15) is 24.6 Å². The van der Waals surface area contributed by atoms with Crippen molar-refractivity contribution in [2.45, 2.75) is 18.8 Å². The highest BCUT2D eigenvalue weighted by Gasteiger charge is 2.42. The molecule has 2 aromatic rings. The number of benzene rings is 1. The van der Waals surface area contributed by atoms with E-state index in [0.29, 0.717) is 0 Å². The van der Waals surface area contributed by atoms with E-state index in [-0.39, 0.29) is 11.7 Å². The van der Waals surface area contributed by atoms with E-state index >= 15 is 0 Å². The van der Waals surface area contributed by atoms with Gasteiger partial charge in [0.2, 0.25) is 0 Å². The van der Waals surface area contributed by atoms with Crippen LogP contribution in [0.25, 0.3) is 0 Å². The molecule has 3 heteroatoms. The van der Waals surface area contributed by atoms with Crippen molar-refractivity contribution >= 4 is 0 Å². The summed E-state index contributed by atoms with van der Waals surface area (Å²) in [6, 6.07) is 11.3. The van der Waals surface area contributed by atoms with Crippen LogP contribution < -0.4 is 4.74 Å². The normalized spacial score (nSPS) is 23.0. The first-order chi connectivity index (χ1) is 11.2. The standard InChI is InChI=1S/C20H21NO2/c1-3-15-8-4-6-12-20(15,19-9-5-7-13-21-19)17-14-16(23-2)10-11-18(17)22/h4-15,22H,3H2,1-2H3.